The minimum atomic E-state index is -0.379. The predicted octanol–water partition coefficient (Wildman–Crippen LogP) is 5.77. The Morgan fingerprint density at radius 2 is 1.85 bits per heavy atom. The molecule has 2 aromatic carbocycles. The zero-order valence-corrected chi connectivity index (χ0v) is 21.8. The molecule has 1 heterocycles. The molecule has 2 amide bonds. The highest BCUT2D eigenvalue weighted by Crippen LogP contribution is 2.27. The number of halogens is 2. The van der Waals surface area contributed by atoms with E-state index in [1.54, 1.807) is 42.5 Å². The van der Waals surface area contributed by atoms with Gasteiger partial charge in [0.2, 0.25) is 5.91 Å². The van der Waals surface area contributed by atoms with Crippen LogP contribution in [0.2, 0.25) is 10.0 Å². The number of carbonyl (C=O) groups is 2. The van der Waals surface area contributed by atoms with Crippen molar-refractivity contribution in [1.29, 1.82) is 0 Å². The first-order chi connectivity index (χ1) is 16.2. The van der Waals surface area contributed by atoms with E-state index >= 15 is 0 Å². The molecule has 0 saturated heterocycles. The Labute approximate surface area is 213 Å². The number of thioether (sulfide) groups is 1. The van der Waals surface area contributed by atoms with Gasteiger partial charge in [-0.05, 0) is 55.7 Å². The van der Waals surface area contributed by atoms with Crippen LogP contribution in [0.5, 0.6) is 0 Å². The number of hydrogen-bond acceptors (Lipinski definition) is 5. The summed E-state index contributed by atoms with van der Waals surface area (Å²) >= 11 is 13.5. The number of anilines is 1. The second-order valence-corrected chi connectivity index (χ2v) is 9.84. The van der Waals surface area contributed by atoms with E-state index in [-0.39, 0.29) is 29.5 Å². The molecule has 7 nitrogen and oxygen atoms in total. The lowest BCUT2D eigenvalue weighted by atomic mass is 10.0. The molecule has 0 radical (unpaired) electrons. The molecule has 0 aliphatic carbocycles. The summed E-state index contributed by atoms with van der Waals surface area (Å²) in [4.78, 5) is 25.4. The van der Waals surface area contributed by atoms with Gasteiger partial charge in [-0.25, -0.2) is 0 Å². The molecule has 2 N–H and O–H groups in total. The van der Waals surface area contributed by atoms with Crippen molar-refractivity contribution in [3.63, 3.8) is 0 Å². The minimum absolute atomic E-state index is 0.0509. The second-order valence-electron chi connectivity index (χ2n) is 8.06. The average Bonchev–Trinajstić information content (AvgIpc) is 3.20. The Bertz CT molecular complexity index is 1180. The van der Waals surface area contributed by atoms with Gasteiger partial charge in [0, 0.05) is 17.3 Å². The molecule has 0 spiro atoms. The Kier molecular flexibility index (Phi) is 8.99. The second kappa shape index (κ2) is 11.7. The predicted molar refractivity (Wildman–Crippen MR) is 138 cm³/mol. The zero-order valence-electron chi connectivity index (χ0n) is 19.4. The lowest BCUT2D eigenvalue weighted by molar-refractivity contribution is -0.113. The monoisotopic (exact) mass is 519 g/mol. The third-order valence-corrected chi connectivity index (χ3v) is 6.74. The lowest BCUT2D eigenvalue weighted by Gasteiger charge is -2.22. The van der Waals surface area contributed by atoms with Crippen LogP contribution in [0.1, 0.15) is 48.6 Å². The maximum Gasteiger partial charge on any atom is 0.253 e. The van der Waals surface area contributed by atoms with E-state index in [0.717, 1.165) is 11.3 Å². The summed E-state index contributed by atoms with van der Waals surface area (Å²) in [5.74, 6) is 0.416. The van der Waals surface area contributed by atoms with Gasteiger partial charge in [0.1, 0.15) is 0 Å². The first-order valence-electron chi connectivity index (χ1n) is 10.9. The smallest absolute Gasteiger partial charge is 0.253 e. The maximum atomic E-state index is 12.9. The molecule has 180 valence electrons. The van der Waals surface area contributed by atoms with Gasteiger partial charge in [0.15, 0.2) is 11.0 Å². The molecule has 1 aromatic heterocycles. The van der Waals surface area contributed by atoms with Crippen LogP contribution < -0.4 is 10.6 Å². The highest BCUT2D eigenvalue weighted by molar-refractivity contribution is 7.99. The van der Waals surface area contributed by atoms with Crippen molar-refractivity contribution in [2.24, 2.45) is 5.92 Å². The van der Waals surface area contributed by atoms with E-state index in [1.165, 1.54) is 11.8 Å². The number of aryl methyl sites for hydroxylation is 1. The summed E-state index contributed by atoms with van der Waals surface area (Å²) in [6.07, 6.45) is 0. The molecule has 34 heavy (non-hydrogen) atoms. The third-order valence-electron chi connectivity index (χ3n) is 5.21. The van der Waals surface area contributed by atoms with Gasteiger partial charge < -0.3 is 15.2 Å². The van der Waals surface area contributed by atoms with Crippen LogP contribution in [0.3, 0.4) is 0 Å². The average molecular weight is 520 g/mol. The van der Waals surface area contributed by atoms with Gasteiger partial charge in [-0.1, -0.05) is 60.9 Å². The zero-order chi connectivity index (χ0) is 24.8. The lowest BCUT2D eigenvalue weighted by Crippen LogP contribution is -2.34. The first-order valence-corrected chi connectivity index (χ1v) is 12.6. The first kappa shape index (κ1) is 26.1. The van der Waals surface area contributed by atoms with E-state index in [1.807, 2.05) is 32.3 Å². The Balaban J connectivity index is 1.72. The number of nitrogens with zero attached hydrogens (tertiary/aromatic N) is 3. The van der Waals surface area contributed by atoms with Crippen LogP contribution in [0, 0.1) is 12.8 Å². The molecule has 0 saturated carbocycles. The van der Waals surface area contributed by atoms with Gasteiger partial charge in [-0.3, -0.25) is 9.59 Å². The van der Waals surface area contributed by atoms with Gasteiger partial charge >= 0.3 is 0 Å². The van der Waals surface area contributed by atoms with Crippen LogP contribution in [0.15, 0.2) is 47.6 Å². The summed E-state index contributed by atoms with van der Waals surface area (Å²) in [5, 5.41) is 16.2. The van der Waals surface area contributed by atoms with E-state index in [9.17, 15) is 9.59 Å². The Morgan fingerprint density at radius 3 is 2.50 bits per heavy atom. The summed E-state index contributed by atoms with van der Waals surface area (Å²) in [5.41, 5.74) is 2.01. The Morgan fingerprint density at radius 1 is 1.12 bits per heavy atom. The Hall–Kier alpha value is -2.55. The standard InChI is InChI=1S/C24H27Cl2N5O2S/c1-5-31-22(21(14(2)3)28-23(33)17-8-6-7-9-18(17)26)29-30-24(31)34-13-20(32)27-19-11-10-16(25)12-15(19)4/h6-12,14,21H,5,13H2,1-4H3,(H,27,32)(H,28,33)/t21-/m1/s1. The molecular formula is C24H27Cl2N5O2S. The molecule has 3 aromatic rings. The van der Waals surface area contributed by atoms with Crippen LogP contribution in [0.25, 0.3) is 0 Å². The van der Waals surface area contributed by atoms with Gasteiger partial charge in [-0.15, -0.1) is 10.2 Å². The van der Waals surface area contributed by atoms with Crippen molar-refractivity contribution in [3.05, 3.63) is 69.5 Å². The molecule has 0 bridgehead atoms. The van der Waals surface area contributed by atoms with E-state index in [4.69, 9.17) is 23.2 Å². The number of benzene rings is 2. The number of rotatable bonds is 9. The van der Waals surface area contributed by atoms with Crippen LogP contribution in [-0.2, 0) is 11.3 Å². The van der Waals surface area contributed by atoms with Crippen molar-refractivity contribution >= 4 is 52.5 Å². The van der Waals surface area contributed by atoms with Crippen LogP contribution >= 0.6 is 35.0 Å². The van der Waals surface area contributed by atoms with Crippen molar-refractivity contribution in [1.82, 2.24) is 20.1 Å². The van der Waals surface area contributed by atoms with Gasteiger partial charge in [0.05, 0.1) is 22.4 Å². The van der Waals surface area contributed by atoms with E-state index in [2.05, 4.69) is 20.8 Å². The van der Waals surface area contributed by atoms with Gasteiger partial charge in [0.25, 0.3) is 5.91 Å². The molecule has 3 rings (SSSR count). The summed E-state index contributed by atoms with van der Waals surface area (Å²) in [6.45, 7) is 8.45. The van der Waals surface area contributed by atoms with Crippen molar-refractivity contribution in [3.8, 4) is 0 Å². The van der Waals surface area contributed by atoms with Crippen LogP contribution in [-0.4, -0.2) is 32.3 Å². The van der Waals surface area contributed by atoms with Gasteiger partial charge in [-0.2, -0.15) is 0 Å². The number of amides is 2. The van der Waals surface area contributed by atoms with Crippen molar-refractivity contribution in [2.75, 3.05) is 11.1 Å². The minimum Gasteiger partial charge on any atom is -0.342 e. The van der Waals surface area contributed by atoms with E-state index in [0.29, 0.717) is 33.1 Å². The quantitative estimate of drug-likeness (QED) is 0.350. The fourth-order valence-corrected chi connectivity index (χ4v) is 4.67. The molecule has 0 fully saturated rings. The number of aromatic nitrogens is 3. The topological polar surface area (TPSA) is 88.9 Å². The number of hydrogen-bond donors (Lipinski definition) is 2. The molecular weight excluding hydrogens is 493 g/mol. The molecule has 0 aliphatic rings. The number of nitrogens with one attached hydrogen (secondary N) is 2. The number of carbonyl (C=O) groups excluding carboxylic acids is 2. The molecule has 1 atom stereocenters. The highest BCUT2D eigenvalue weighted by atomic mass is 35.5. The summed E-state index contributed by atoms with van der Waals surface area (Å²) < 4.78 is 1.92. The normalized spacial score (nSPS) is 12.0. The summed E-state index contributed by atoms with van der Waals surface area (Å²) in [7, 11) is 0. The van der Waals surface area contributed by atoms with E-state index < -0.39 is 0 Å². The maximum absolute atomic E-state index is 12.9. The SMILES string of the molecule is CCn1c(SCC(=O)Nc2ccc(Cl)cc2C)nnc1[C@H](NC(=O)c1ccccc1Cl)C(C)C. The van der Waals surface area contributed by atoms with Crippen molar-refractivity contribution < 1.29 is 9.59 Å². The fourth-order valence-electron chi connectivity index (χ4n) is 3.41. The largest absolute Gasteiger partial charge is 0.342 e. The summed E-state index contributed by atoms with van der Waals surface area (Å²) in [6, 6.07) is 11.8. The molecule has 10 heteroatoms. The van der Waals surface area contributed by atoms with Crippen LogP contribution in [0.4, 0.5) is 5.69 Å². The highest BCUT2D eigenvalue weighted by Gasteiger charge is 2.26. The molecule has 0 unspecified atom stereocenters. The molecule has 0 aliphatic heterocycles. The van der Waals surface area contributed by atoms with Crippen molar-refractivity contribution in [2.45, 2.75) is 45.4 Å². The third kappa shape index (κ3) is 6.31. The fraction of sp³-hybridized carbons (Fsp3) is 0.333.